The predicted octanol–water partition coefficient (Wildman–Crippen LogP) is 2.51. The van der Waals surface area contributed by atoms with Gasteiger partial charge >= 0.3 is 12.1 Å². The number of carbonyl (C=O) groups excluding carboxylic acids is 6. The van der Waals surface area contributed by atoms with Crippen molar-refractivity contribution in [1.82, 2.24) is 36.4 Å². The third-order valence-corrected chi connectivity index (χ3v) is 10.4. The summed E-state index contributed by atoms with van der Waals surface area (Å²) in [5.74, 6) is -1.91. The van der Waals surface area contributed by atoms with Gasteiger partial charge in [-0.2, -0.15) is 0 Å². The Hall–Kier alpha value is -3.29. The smallest absolute Gasteiger partial charge is 0.317 e. The molecule has 0 aromatic rings. The minimum Gasteiger partial charge on any atom is -0.346 e. The number of hydrogen-bond donors (Lipinski definition) is 5. The second-order valence-corrected chi connectivity index (χ2v) is 15.0. The molecule has 14 heteroatoms. The van der Waals surface area contributed by atoms with Crippen LogP contribution in [0.2, 0.25) is 0 Å². The van der Waals surface area contributed by atoms with E-state index in [0.29, 0.717) is 44.8 Å². The van der Waals surface area contributed by atoms with Crippen molar-refractivity contribution in [3.05, 3.63) is 12.7 Å². The van der Waals surface area contributed by atoms with Crippen molar-refractivity contribution in [1.29, 1.82) is 0 Å². The van der Waals surface area contributed by atoms with Crippen LogP contribution >= 0.6 is 11.8 Å². The lowest BCUT2D eigenvalue weighted by Crippen LogP contribution is -2.61. The van der Waals surface area contributed by atoms with Crippen molar-refractivity contribution >= 4 is 47.3 Å². The average molecular weight is 678 g/mol. The summed E-state index contributed by atoms with van der Waals surface area (Å²) in [6, 6.07) is -2.68. The van der Waals surface area contributed by atoms with Gasteiger partial charge in [-0.05, 0) is 55.6 Å². The second-order valence-electron chi connectivity index (χ2n) is 13.8. The molecule has 3 rings (SSSR count). The topological polar surface area (TPSA) is 169 Å². The minimum absolute atomic E-state index is 0.0877. The molecular formula is C33H55N7O6S. The Morgan fingerprint density at radius 1 is 1.00 bits per heavy atom. The largest absolute Gasteiger partial charge is 0.346 e. The van der Waals surface area contributed by atoms with E-state index < -0.39 is 41.1 Å². The molecule has 7 amide bonds. The van der Waals surface area contributed by atoms with E-state index in [9.17, 15) is 28.8 Å². The standard InChI is InChI=1S/C33H55N7O6S/c1-6-16-34-28(43)26(41)29(47-20-7-2)38-27(42)23-15-11-19-40(23)30(44)25(22-13-9-8-10-14-22)37-31(45)36-24(33(3,4)5)21-39-18-12-17-35-32(39)46/h6,22-25,29H,1,7-21H2,2-5H3,(H,34,43)(H,35,46)(H,38,42)(H2,36,37,45)/t23-,24+,25-,29?/m0/s1. The van der Waals surface area contributed by atoms with Gasteiger partial charge < -0.3 is 36.4 Å². The number of carbonyl (C=O) groups is 6. The summed E-state index contributed by atoms with van der Waals surface area (Å²) in [5.41, 5.74) is -0.371. The van der Waals surface area contributed by atoms with Crippen LogP contribution in [-0.2, 0) is 19.2 Å². The van der Waals surface area contributed by atoms with E-state index in [2.05, 4.69) is 33.2 Å². The number of Topliss-reactive ketones (excluding diaryl/α,β-unsaturated/α-hetero) is 1. The van der Waals surface area contributed by atoms with Gasteiger partial charge in [0, 0.05) is 32.7 Å². The third-order valence-electron chi connectivity index (χ3n) is 9.07. The molecule has 0 radical (unpaired) electrons. The molecule has 2 aliphatic heterocycles. The van der Waals surface area contributed by atoms with E-state index in [1.165, 1.54) is 22.7 Å². The fraction of sp³-hybridized carbons (Fsp3) is 0.758. The van der Waals surface area contributed by atoms with Crippen molar-refractivity contribution in [2.45, 2.75) is 109 Å². The van der Waals surface area contributed by atoms with Crippen molar-refractivity contribution in [3.8, 4) is 0 Å². The maximum absolute atomic E-state index is 14.3. The average Bonchev–Trinajstić information content (AvgIpc) is 3.55. The van der Waals surface area contributed by atoms with Crippen molar-refractivity contribution < 1.29 is 28.8 Å². The summed E-state index contributed by atoms with van der Waals surface area (Å²) >= 11 is 1.18. The monoisotopic (exact) mass is 677 g/mol. The van der Waals surface area contributed by atoms with Gasteiger partial charge in [-0.1, -0.05) is 53.0 Å². The Balaban J connectivity index is 1.75. The first-order valence-corrected chi connectivity index (χ1v) is 18.2. The molecule has 0 bridgehead atoms. The van der Waals surface area contributed by atoms with Crippen LogP contribution in [0.3, 0.4) is 0 Å². The van der Waals surface area contributed by atoms with Crippen LogP contribution in [0, 0.1) is 11.3 Å². The first-order chi connectivity index (χ1) is 22.4. The van der Waals surface area contributed by atoms with E-state index in [1.807, 2.05) is 27.7 Å². The number of rotatable bonds is 15. The van der Waals surface area contributed by atoms with E-state index in [-0.39, 0.29) is 35.9 Å². The Bertz CT molecular complexity index is 1140. The van der Waals surface area contributed by atoms with Crippen LogP contribution in [0.1, 0.15) is 85.5 Å². The molecule has 5 N–H and O–H groups in total. The van der Waals surface area contributed by atoms with Crippen LogP contribution in [0.4, 0.5) is 9.59 Å². The predicted molar refractivity (Wildman–Crippen MR) is 182 cm³/mol. The number of nitrogens with one attached hydrogen (secondary N) is 5. The lowest BCUT2D eigenvalue weighted by Gasteiger charge is -2.38. The highest BCUT2D eigenvalue weighted by atomic mass is 32.2. The summed E-state index contributed by atoms with van der Waals surface area (Å²) in [4.78, 5) is 82.5. The Morgan fingerprint density at radius 3 is 2.36 bits per heavy atom. The summed E-state index contributed by atoms with van der Waals surface area (Å²) < 4.78 is 0. The van der Waals surface area contributed by atoms with Gasteiger partial charge in [0.15, 0.2) is 0 Å². The molecule has 1 unspecified atom stereocenters. The number of likely N-dealkylation sites (tertiary alicyclic amines) is 1. The normalized spacial score (nSPS) is 20.8. The lowest BCUT2D eigenvalue weighted by molar-refractivity contribution is -0.142. The van der Waals surface area contributed by atoms with Crippen LogP contribution in [0.5, 0.6) is 0 Å². The Morgan fingerprint density at radius 2 is 1.72 bits per heavy atom. The van der Waals surface area contributed by atoms with E-state index >= 15 is 0 Å². The number of hydrogen-bond acceptors (Lipinski definition) is 7. The lowest BCUT2D eigenvalue weighted by atomic mass is 9.83. The molecule has 0 aromatic carbocycles. The molecule has 47 heavy (non-hydrogen) atoms. The van der Waals surface area contributed by atoms with Gasteiger partial charge in [0.2, 0.25) is 11.8 Å². The van der Waals surface area contributed by atoms with Crippen LogP contribution < -0.4 is 26.6 Å². The van der Waals surface area contributed by atoms with Gasteiger partial charge in [0.1, 0.15) is 17.5 Å². The number of ketones is 1. The highest BCUT2D eigenvalue weighted by Crippen LogP contribution is 2.30. The van der Waals surface area contributed by atoms with Crippen LogP contribution in [-0.4, -0.2) is 107 Å². The molecule has 4 atom stereocenters. The number of thioether (sulfide) groups is 1. The molecular weight excluding hydrogens is 622 g/mol. The number of amides is 7. The van der Waals surface area contributed by atoms with E-state index in [4.69, 9.17) is 0 Å². The Kier molecular flexibility index (Phi) is 14.9. The molecule has 0 spiro atoms. The fourth-order valence-electron chi connectivity index (χ4n) is 6.30. The highest BCUT2D eigenvalue weighted by Gasteiger charge is 2.42. The summed E-state index contributed by atoms with van der Waals surface area (Å²) in [6.45, 7) is 13.5. The molecule has 3 aliphatic rings. The molecule has 2 heterocycles. The van der Waals surface area contributed by atoms with E-state index in [1.54, 1.807) is 4.90 Å². The number of urea groups is 2. The van der Waals surface area contributed by atoms with Gasteiger partial charge in [-0.15, -0.1) is 18.3 Å². The van der Waals surface area contributed by atoms with Gasteiger partial charge in [0.05, 0.1) is 6.04 Å². The van der Waals surface area contributed by atoms with Crippen molar-refractivity contribution in [2.24, 2.45) is 11.3 Å². The maximum Gasteiger partial charge on any atom is 0.317 e. The first kappa shape index (κ1) is 38.2. The molecule has 13 nitrogen and oxygen atoms in total. The summed E-state index contributed by atoms with van der Waals surface area (Å²) in [7, 11) is 0. The zero-order valence-electron chi connectivity index (χ0n) is 28.5. The molecule has 1 saturated carbocycles. The fourth-order valence-corrected chi connectivity index (χ4v) is 7.23. The minimum atomic E-state index is -1.08. The van der Waals surface area contributed by atoms with E-state index in [0.717, 1.165) is 44.9 Å². The highest BCUT2D eigenvalue weighted by molar-refractivity contribution is 8.00. The molecule has 0 aromatic heterocycles. The zero-order valence-corrected chi connectivity index (χ0v) is 29.3. The molecule has 264 valence electrons. The Labute approximate surface area is 283 Å². The summed E-state index contributed by atoms with van der Waals surface area (Å²) in [5, 5.41) is 13.0. The SMILES string of the molecule is C=CCNC(=O)C(=O)C(NC(=O)[C@@H]1CCCN1C(=O)[C@@H](NC(=O)N[C@H](CN1CCCNC1=O)C(C)(C)C)C1CCCCC1)SCCC. The second kappa shape index (κ2) is 18.3. The van der Waals surface area contributed by atoms with Crippen LogP contribution in [0.25, 0.3) is 0 Å². The van der Waals surface area contributed by atoms with Gasteiger partial charge in [0.25, 0.3) is 11.7 Å². The summed E-state index contributed by atoms with van der Waals surface area (Å²) in [6.07, 6.45) is 8.55. The van der Waals surface area contributed by atoms with Crippen molar-refractivity contribution in [3.63, 3.8) is 0 Å². The zero-order chi connectivity index (χ0) is 34.6. The molecule has 2 saturated heterocycles. The maximum atomic E-state index is 14.3. The van der Waals surface area contributed by atoms with Gasteiger partial charge in [-0.25, -0.2) is 9.59 Å². The number of nitrogens with zero attached hydrogens (tertiary/aromatic N) is 2. The molecule has 1 aliphatic carbocycles. The first-order valence-electron chi connectivity index (χ1n) is 17.1. The quantitative estimate of drug-likeness (QED) is 0.101. The third kappa shape index (κ3) is 11.1. The van der Waals surface area contributed by atoms with Gasteiger partial charge in [-0.3, -0.25) is 19.2 Å². The van der Waals surface area contributed by atoms with Crippen molar-refractivity contribution in [2.75, 3.05) is 38.5 Å². The van der Waals surface area contributed by atoms with Crippen LogP contribution in [0.15, 0.2) is 12.7 Å². The molecule has 3 fully saturated rings.